The summed E-state index contributed by atoms with van der Waals surface area (Å²) in [5.74, 6) is -0.857. The number of halogens is 1. The lowest BCUT2D eigenvalue weighted by molar-refractivity contribution is -0.121. The van der Waals surface area contributed by atoms with Gasteiger partial charge in [0, 0.05) is 31.1 Å². The lowest BCUT2D eigenvalue weighted by atomic mass is 10.1. The molecule has 1 heterocycles. The Labute approximate surface area is 184 Å². The molecule has 2 aromatic carbocycles. The third kappa shape index (κ3) is 5.21. The van der Waals surface area contributed by atoms with Crippen LogP contribution in [0.4, 0.5) is 0 Å². The van der Waals surface area contributed by atoms with Crippen molar-refractivity contribution in [2.45, 2.75) is 12.8 Å². The molecule has 2 aromatic rings. The van der Waals surface area contributed by atoms with Crippen LogP contribution in [0, 0.1) is 0 Å². The standard InChI is InChI=1S/C22H22ClN3O5/c1-31-18-9-8-14(23)13-17(18)20(28)25-11-10-24-19(27)7-4-12-26-21(29)15-5-2-3-6-16(15)22(26)30/h2-3,5-6,8-9,13H,4,7,10-12H2,1H3,(H,24,27)(H,25,28). The summed E-state index contributed by atoms with van der Waals surface area (Å²) >= 11 is 5.92. The van der Waals surface area contributed by atoms with Crippen LogP contribution in [0.1, 0.15) is 43.9 Å². The van der Waals surface area contributed by atoms with Gasteiger partial charge < -0.3 is 15.4 Å². The number of fused-ring (bicyclic) bond motifs is 1. The van der Waals surface area contributed by atoms with Crippen LogP contribution in [0.3, 0.4) is 0 Å². The van der Waals surface area contributed by atoms with Crippen molar-refractivity contribution in [3.05, 3.63) is 64.2 Å². The SMILES string of the molecule is COc1ccc(Cl)cc1C(=O)NCCNC(=O)CCCN1C(=O)c2ccccc2C1=O. The number of imide groups is 1. The molecule has 0 aromatic heterocycles. The monoisotopic (exact) mass is 443 g/mol. The molecule has 31 heavy (non-hydrogen) atoms. The first-order valence-electron chi connectivity index (χ1n) is 9.76. The molecule has 0 fully saturated rings. The molecule has 0 aliphatic carbocycles. The molecule has 1 aliphatic rings. The van der Waals surface area contributed by atoms with E-state index in [1.165, 1.54) is 13.2 Å². The molecule has 0 bridgehead atoms. The van der Waals surface area contributed by atoms with Gasteiger partial charge in [0.1, 0.15) is 5.75 Å². The van der Waals surface area contributed by atoms with Gasteiger partial charge in [0.2, 0.25) is 5.91 Å². The van der Waals surface area contributed by atoms with Crippen LogP contribution < -0.4 is 15.4 Å². The van der Waals surface area contributed by atoms with E-state index in [1.54, 1.807) is 36.4 Å². The number of hydrogen-bond acceptors (Lipinski definition) is 5. The Hall–Kier alpha value is -3.39. The van der Waals surface area contributed by atoms with Gasteiger partial charge in [-0.15, -0.1) is 0 Å². The summed E-state index contributed by atoms with van der Waals surface area (Å²) in [5, 5.41) is 5.80. The molecule has 0 saturated heterocycles. The van der Waals surface area contributed by atoms with Crippen molar-refractivity contribution < 1.29 is 23.9 Å². The number of carbonyl (C=O) groups excluding carboxylic acids is 4. The highest BCUT2D eigenvalue weighted by Crippen LogP contribution is 2.23. The molecule has 9 heteroatoms. The zero-order valence-electron chi connectivity index (χ0n) is 16.9. The molecule has 0 saturated carbocycles. The second-order valence-corrected chi connectivity index (χ2v) is 7.30. The number of methoxy groups -OCH3 is 1. The molecule has 1 aliphatic heterocycles. The maximum Gasteiger partial charge on any atom is 0.261 e. The molecule has 4 amide bonds. The van der Waals surface area contributed by atoms with Crippen molar-refractivity contribution in [1.29, 1.82) is 0 Å². The van der Waals surface area contributed by atoms with E-state index in [2.05, 4.69) is 10.6 Å². The van der Waals surface area contributed by atoms with E-state index >= 15 is 0 Å². The molecule has 162 valence electrons. The van der Waals surface area contributed by atoms with E-state index in [9.17, 15) is 19.2 Å². The zero-order chi connectivity index (χ0) is 22.4. The summed E-state index contributed by atoms with van der Waals surface area (Å²) in [6.45, 7) is 0.629. The summed E-state index contributed by atoms with van der Waals surface area (Å²) in [7, 11) is 1.46. The summed E-state index contributed by atoms with van der Waals surface area (Å²) < 4.78 is 5.15. The Bertz CT molecular complexity index is 989. The van der Waals surface area contributed by atoms with Gasteiger partial charge in [-0.05, 0) is 36.8 Å². The molecule has 3 rings (SSSR count). The Morgan fingerprint density at radius 2 is 1.65 bits per heavy atom. The van der Waals surface area contributed by atoms with Crippen molar-refractivity contribution in [2.75, 3.05) is 26.7 Å². The van der Waals surface area contributed by atoms with E-state index in [4.69, 9.17) is 16.3 Å². The van der Waals surface area contributed by atoms with Gasteiger partial charge in [0.05, 0.1) is 23.8 Å². The predicted molar refractivity (Wildman–Crippen MR) is 114 cm³/mol. The van der Waals surface area contributed by atoms with Gasteiger partial charge >= 0.3 is 0 Å². The molecule has 2 N–H and O–H groups in total. The van der Waals surface area contributed by atoms with Crippen LogP contribution in [0.2, 0.25) is 5.02 Å². The predicted octanol–water partition coefficient (Wildman–Crippen LogP) is 2.27. The smallest absolute Gasteiger partial charge is 0.261 e. The summed E-state index contributed by atoms with van der Waals surface area (Å²) in [6.07, 6.45) is 0.507. The number of nitrogens with zero attached hydrogens (tertiary/aromatic N) is 1. The number of amides is 4. The first kappa shape index (κ1) is 22.3. The van der Waals surface area contributed by atoms with Crippen molar-refractivity contribution in [3.8, 4) is 5.75 Å². The van der Waals surface area contributed by atoms with Gasteiger partial charge in [-0.25, -0.2) is 0 Å². The van der Waals surface area contributed by atoms with Crippen LogP contribution >= 0.6 is 11.6 Å². The lowest BCUT2D eigenvalue weighted by Crippen LogP contribution is -2.35. The Morgan fingerprint density at radius 3 is 2.29 bits per heavy atom. The number of hydrogen-bond donors (Lipinski definition) is 2. The average Bonchev–Trinajstić information content (AvgIpc) is 3.01. The largest absolute Gasteiger partial charge is 0.496 e. The van der Waals surface area contributed by atoms with Crippen LogP contribution in [0.15, 0.2) is 42.5 Å². The van der Waals surface area contributed by atoms with Crippen molar-refractivity contribution in [2.24, 2.45) is 0 Å². The second kappa shape index (κ2) is 10.1. The number of benzene rings is 2. The van der Waals surface area contributed by atoms with Crippen LogP contribution in [0.25, 0.3) is 0 Å². The van der Waals surface area contributed by atoms with Crippen molar-refractivity contribution >= 4 is 35.2 Å². The maximum atomic E-state index is 12.3. The van der Waals surface area contributed by atoms with Crippen LogP contribution in [-0.4, -0.2) is 55.3 Å². The number of ether oxygens (including phenoxy) is 1. The van der Waals surface area contributed by atoms with Gasteiger partial charge in [0.15, 0.2) is 0 Å². The minimum Gasteiger partial charge on any atom is -0.496 e. The van der Waals surface area contributed by atoms with E-state index in [-0.39, 0.29) is 49.7 Å². The molecular weight excluding hydrogens is 422 g/mol. The van der Waals surface area contributed by atoms with E-state index in [1.807, 2.05) is 0 Å². The third-order valence-electron chi connectivity index (χ3n) is 4.80. The molecule has 0 unspecified atom stereocenters. The molecule has 0 atom stereocenters. The fraction of sp³-hybridized carbons (Fsp3) is 0.273. The Balaban J connectivity index is 1.37. The summed E-state index contributed by atoms with van der Waals surface area (Å²) in [6, 6.07) is 11.4. The number of nitrogens with one attached hydrogen (secondary N) is 2. The second-order valence-electron chi connectivity index (χ2n) is 6.86. The van der Waals surface area contributed by atoms with E-state index in [0.717, 1.165) is 4.90 Å². The van der Waals surface area contributed by atoms with Gasteiger partial charge in [-0.2, -0.15) is 0 Å². The first-order chi connectivity index (χ1) is 14.9. The van der Waals surface area contributed by atoms with Gasteiger partial charge in [-0.1, -0.05) is 23.7 Å². The lowest BCUT2D eigenvalue weighted by Gasteiger charge is -2.13. The first-order valence-corrected chi connectivity index (χ1v) is 10.1. The van der Waals surface area contributed by atoms with Crippen molar-refractivity contribution in [3.63, 3.8) is 0 Å². The zero-order valence-corrected chi connectivity index (χ0v) is 17.7. The molecule has 8 nitrogen and oxygen atoms in total. The fourth-order valence-corrected chi connectivity index (χ4v) is 3.43. The topological polar surface area (TPSA) is 105 Å². The average molecular weight is 444 g/mol. The normalized spacial score (nSPS) is 12.5. The highest BCUT2D eigenvalue weighted by molar-refractivity contribution is 6.31. The molecular formula is C22H22ClN3O5. The minimum absolute atomic E-state index is 0.156. The number of rotatable bonds is 9. The molecule has 0 radical (unpaired) electrons. The Morgan fingerprint density at radius 1 is 1.00 bits per heavy atom. The fourth-order valence-electron chi connectivity index (χ4n) is 3.26. The number of carbonyl (C=O) groups is 4. The van der Waals surface area contributed by atoms with Gasteiger partial charge in [-0.3, -0.25) is 24.1 Å². The third-order valence-corrected chi connectivity index (χ3v) is 5.04. The van der Waals surface area contributed by atoms with E-state index in [0.29, 0.717) is 33.9 Å². The Kier molecular flexibility index (Phi) is 7.25. The summed E-state index contributed by atoms with van der Waals surface area (Å²) in [4.78, 5) is 50.0. The van der Waals surface area contributed by atoms with Crippen molar-refractivity contribution in [1.82, 2.24) is 15.5 Å². The van der Waals surface area contributed by atoms with Crippen LogP contribution in [-0.2, 0) is 4.79 Å². The van der Waals surface area contributed by atoms with Gasteiger partial charge in [0.25, 0.3) is 17.7 Å². The quantitative estimate of drug-likeness (QED) is 0.457. The highest BCUT2D eigenvalue weighted by Gasteiger charge is 2.34. The van der Waals surface area contributed by atoms with Crippen LogP contribution in [0.5, 0.6) is 5.75 Å². The van der Waals surface area contributed by atoms with E-state index < -0.39 is 0 Å². The minimum atomic E-state index is -0.362. The highest BCUT2D eigenvalue weighted by atomic mass is 35.5. The molecule has 0 spiro atoms. The summed E-state index contributed by atoms with van der Waals surface area (Å²) in [5.41, 5.74) is 1.09. The maximum absolute atomic E-state index is 12.3.